The number of fused-ring (bicyclic) bond motifs is 1. The molecule has 3 aromatic rings. The molecule has 1 amide bonds. The Morgan fingerprint density at radius 3 is 2.53 bits per heavy atom. The van der Waals surface area contributed by atoms with Crippen LogP contribution in [0.5, 0.6) is 0 Å². The Labute approximate surface area is 212 Å². The van der Waals surface area contributed by atoms with Gasteiger partial charge in [-0.2, -0.15) is 0 Å². The van der Waals surface area contributed by atoms with Gasteiger partial charge in [-0.3, -0.25) is 4.79 Å². The molecule has 5 radical (unpaired) electrons. The average Bonchev–Trinajstić information content (AvgIpc) is 3.61. The number of carbonyl (C=O) groups is 1. The van der Waals surface area contributed by atoms with Gasteiger partial charge in [0, 0.05) is 17.3 Å². The molecule has 1 aliphatic heterocycles. The Bertz CT molecular complexity index is 1210. The Balaban J connectivity index is 1.24. The molecule has 2 unspecified atom stereocenters. The molecule has 2 aromatic carbocycles. The largest absolute Gasteiger partial charge is 0.375 e. The molecular weight excluding hydrogens is 450 g/mol. The van der Waals surface area contributed by atoms with Crippen LogP contribution < -0.4 is 16.0 Å². The van der Waals surface area contributed by atoms with E-state index in [1.54, 1.807) is 0 Å². The van der Waals surface area contributed by atoms with Crippen molar-refractivity contribution >= 4 is 17.3 Å². The van der Waals surface area contributed by atoms with Crippen LogP contribution in [0.2, 0.25) is 0 Å². The Morgan fingerprint density at radius 2 is 1.75 bits per heavy atom. The molecule has 0 spiro atoms. The summed E-state index contributed by atoms with van der Waals surface area (Å²) in [4.78, 5) is 12.7. The molecule has 36 heavy (non-hydrogen) atoms. The van der Waals surface area contributed by atoms with Crippen LogP contribution in [0.25, 0.3) is 0 Å². The van der Waals surface area contributed by atoms with Gasteiger partial charge in [0.25, 0.3) is 5.91 Å². The fourth-order valence-corrected chi connectivity index (χ4v) is 5.45. The minimum Gasteiger partial charge on any atom is -0.375 e. The zero-order valence-electron chi connectivity index (χ0n) is 20.3. The lowest BCUT2D eigenvalue weighted by atomic mass is 9.93. The highest BCUT2D eigenvalue weighted by Gasteiger charge is 2.36. The summed E-state index contributed by atoms with van der Waals surface area (Å²) >= 11 is 0. The molecule has 3 aliphatic rings. The van der Waals surface area contributed by atoms with E-state index in [4.69, 9.17) is 0 Å². The van der Waals surface area contributed by atoms with Crippen molar-refractivity contribution in [2.75, 3.05) is 10.6 Å². The van der Waals surface area contributed by atoms with Gasteiger partial charge in [0.05, 0.1) is 17.6 Å². The molecule has 1 aromatic heterocycles. The Morgan fingerprint density at radius 1 is 1.00 bits per heavy atom. The van der Waals surface area contributed by atoms with Crippen molar-refractivity contribution in [3.05, 3.63) is 97.1 Å². The van der Waals surface area contributed by atoms with E-state index >= 15 is 0 Å². The van der Waals surface area contributed by atoms with Gasteiger partial charge in [0.2, 0.25) is 0 Å². The lowest BCUT2D eigenvalue weighted by Gasteiger charge is -2.38. The SMILES string of the molecule is CC1(c2ccc(NC([C]3[CH][CH][CH][CH]3)c3nnnn3C3CCCCC3)cc2)NC(=O)c2ccccc2N1. The number of nitrogens with zero attached hydrogens (tertiary/aromatic N) is 4. The fraction of sp³-hybridized carbons (Fsp3) is 0.321. The second-order valence-electron chi connectivity index (χ2n) is 9.90. The smallest absolute Gasteiger partial charge is 0.255 e. The highest BCUT2D eigenvalue weighted by atomic mass is 16.2. The third-order valence-corrected chi connectivity index (χ3v) is 7.41. The maximum absolute atomic E-state index is 12.7. The summed E-state index contributed by atoms with van der Waals surface area (Å²) in [6.07, 6.45) is 14.2. The number of para-hydroxylation sites is 1. The maximum Gasteiger partial charge on any atom is 0.255 e. The van der Waals surface area contributed by atoms with Gasteiger partial charge >= 0.3 is 0 Å². The molecular formula is C28H30N7O. The van der Waals surface area contributed by atoms with Crippen LogP contribution in [0, 0.1) is 31.6 Å². The summed E-state index contributed by atoms with van der Waals surface area (Å²) in [5.74, 6) is 1.87. The lowest BCUT2D eigenvalue weighted by molar-refractivity contribution is 0.0906. The first-order chi connectivity index (χ1) is 17.6. The predicted molar refractivity (Wildman–Crippen MR) is 138 cm³/mol. The van der Waals surface area contributed by atoms with Crippen LogP contribution in [0.15, 0.2) is 48.5 Å². The number of hydrogen-bond donors (Lipinski definition) is 3. The van der Waals surface area contributed by atoms with Gasteiger partial charge in [-0.05, 0) is 85.7 Å². The molecule has 2 fully saturated rings. The van der Waals surface area contributed by atoms with E-state index in [2.05, 4.69) is 44.3 Å². The first-order valence-electron chi connectivity index (χ1n) is 12.7. The van der Waals surface area contributed by atoms with E-state index in [-0.39, 0.29) is 11.9 Å². The molecule has 8 nitrogen and oxygen atoms in total. The van der Waals surface area contributed by atoms with E-state index in [1.807, 2.05) is 73.0 Å². The minimum atomic E-state index is -0.708. The molecule has 2 aliphatic carbocycles. The van der Waals surface area contributed by atoms with Crippen LogP contribution in [0.1, 0.15) is 72.9 Å². The van der Waals surface area contributed by atoms with Crippen LogP contribution >= 0.6 is 0 Å². The third-order valence-electron chi connectivity index (χ3n) is 7.41. The molecule has 183 valence electrons. The second-order valence-corrected chi connectivity index (χ2v) is 9.90. The molecule has 2 heterocycles. The number of tetrazole rings is 1. The quantitative estimate of drug-likeness (QED) is 0.471. The predicted octanol–water partition coefficient (Wildman–Crippen LogP) is 4.76. The van der Waals surface area contributed by atoms with E-state index in [9.17, 15) is 4.79 Å². The molecule has 2 atom stereocenters. The van der Waals surface area contributed by atoms with Gasteiger partial charge < -0.3 is 16.0 Å². The van der Waals surface area contributed by atoms with Gasteiger partial charge in [0.1, 0.15) is 5.66 Å². The summed E-state index contributed by atoms with van der Waals surface area (Å²) < 4.78 is 2.03. The average molecular weight is 481 g/mol. The zero-order chi connectivity index (χ0) is 24.5. The van der Waals surface area contributed by atoms with E-state index < -0.39 is 5.66 Å². The summed E-state index contributed by atoms with van der Waals surface area (Å²) in [5, 5.41) is 23.2. The summed E-state index contributed by atoms with van der Waals surface area (Å²) in [6, 6.07) is 15.9. The van der Waals surface area contributed by atoms with Crippen molar-refractivity contribution in [3.8, 4) is 0 Å². The van der Waals surface area contributed by atoms with Crippen LogP contribution in [0.3, 0.4) is 0 Å². The molecule has 3 N–H and O–H groups in total. The summed E-state index contributed by atoms with van der Waals surface area (Å²) in [5.41, 5.74) is 2.69. The van der Waals surface area contributed by atoms with Crippen molar-refractivity contribution in [2.24, 2.45) is 0 Å². The van der Waals surface area contributed by atoms with Crippen molar-refractivity contribution in [2.45, 2.75) is 56.8 Å². The first-order valence-corrected chi connectivity index (χ1v) is 12.7. The van der Waals surface area contributed by atoms with Crippen LogP contribution in [0.4, 0.5) is 11.4 Å². The van der Waals surface area contributed by atoms with E-state index in [0.29, 0.717) is 11.6 Å². The number of aromatic nitrogens is 4. The number of benzene rings is 2. The molecule has 0 bridgehead atoms. The first kappa shape index (κ1) is 23.0. The maximum atomic E-state index is 12.7. The Kier molecular flexibility index (Phi) is 6.11. The highest BCUT2D eigenvalue weighted by molar-refractivity contribution is 6.02. The summed E-state index contributed by atoms with van der Waals surface area (Å²) in [7, 11) is 0. The molecule has 6 rings (SSSR count). The zero-order valence-corrected chi connectivity index (χ0v) is 20.3. The summed E-state index contributed by atoms with van der Waals surface area (Å²) in [6.45, 7) is 1.98. The van der Waals surface area contributed by atoms with Gasteiger partial charge in [-0.15, -0.1) is 5.10 Å². The topological polar surface area (TPSA) is 96.8 Å². The van der Waals surface area contributed by atoms with Crippen molar-refractivity contribution < 1.29 is 4.79 Å². The fourth-order valence-electron chi connectivity index (χ4n) is 5.45. The van der Waals surface area contributed by atoms with Gasteiger partial charge in [-0.25, -0.2) is 4.68 Å². The monoisotopic (exact) mass is 480 g/mol. The van der Waals surface area contributed by atoms with Crippen molar-refractivity contribution in [3.63, 3.8) is 0 Å². The standard InChI is InChI=1S/C28H30N7O/c1-28(30-24-14-8-7-13-23(24)27(36)31-28)20-15-17-21(18-16-20)29-25(19-9-5-6-10-19)26-32-33-34-35(26)22-11-3-2-4-12-22/h5-10,13-18,22,25,29-30H,2-4,11-12H2,1H3,(H,31,36). The number of nitrogens with one attached hydrogen (secondary N) is 3. The van der Waals surface area contributed by atoms with E-state index in [1.165, 1.54) is 19.3 Å². The van der Waals surface area contributed by atoms with Crippen molar-refractivity contribution in [1.82, 2.24) is 25.5 Å². The Hall–Kier alpha value is -3.42. The van der Waals surface area contributed by atoms with Gasteiger partial charge in [-0.1, -0.05) is 43.5 Å². The van der Waals surface area contributed by atoms with Gasteiger partial charge in [0.15, 0.2) is 5.82 Å². The third kappa shape index (κ3) is 4.33. The molecule has 8 heteroatoms. The number of rotatable bonds is 6. The molecule has 0 saturated heterocycles. The van der Waals surface area contributed by atoms with Crippen LogP contribution in [-0.2, 0) is 5.66 Å². The number of hydrogen-bond acceptors (Lipinski definition) is 6. The number of anilines is 2. The number of amides is 1. The van der Waals surface area contributed by atoms with Crippen LogP contribution in [-0.4, -0.2) is 26.1 Å². The van der Waals surface area contributed by atoms with E-state index in [0.717, 1.165) is 41.5 Å². The lowest BCUT2D eigenvalue weighted by Crippen LogP contribution is -2.52. The highest BCUT2D eigenvalue weighted by Crippen LogP contribution is 2.39. The molecule has 2 saturated carbocycles. The number of carbonyl (C=O) groups excluding carboxylic acids is 1. The minimum absolute atomic E-state index is 0.0835. The normalized spacial score (nSPS) is 23.5. The van der Waals surface area contributed by atoms with Crippen molar-refractivity contribution in [1.29, 1.82) is 0 Å². The second kappa shape index (κ2) is 9.56.